The Hall–Kier alpha value is -2.78. The molecule has 1 fully saturated rings. The van der Waals surface area contributed by atoms with E-state index in [0.29, 0.717) is 22.3 Å². The molecule has 9 heteroatoms. The minimum Gasteiger partial charge on any atom is -0.458 e. The minimum atomic E-state index is -1.11. The molecule has 0 unspecified atom stereocenters. The quantitative estimate of drug-likeness (QED) is 0.310. The number of nitrogens with zero attached hydrogens (tertiary/aromatic N) is 1. The minimum absolute atomic E-state index is 0.0469. The normalized spacial score (nSPS) is 19.1. The predicted octanol–water partition coefficient (Wildman–Crippen LogP) is 3.03. The van der Waals surface area contributed by atoms with Crippen LogP contribution in [0.25, 0.3) is 11.0 Å². The Labute approximate surface area is 168 Å². The summed E-state index contributed by atoms with van der Waals surface area (Å²) in [5.74, 6) is -0.439. The molecule has 0 aliphatic carbocycles. The lowest BCUT2D eigenvalue weighted by atomic mass is 9.96. The maximum absolute atomic E-state index is 12.5. The van der Waals surface area contributed by atoms with E-state index in [0.717, 1.165) is 0 Å². The number of alkyl carbamates (subject to hydrolysis) is 1. The molecule has 2 aromatic rings. The summed E-state index contributed by atoms with van der Waals surface area (Å²) in [6.07, 6.45) is -0.624. The van der Waals surface area contributed by atoms with E-state index in [2.05, 4.69) is 10.5 Å². The molecule has 3 rings (SSSR count). The molecule has 1 amide bonds. The van der Waals surface area contributed by atoms with Gasteiger partial charge in [0.2, 0.25) is 0 Å². The Bertz CT molecular complexity index is 931. The summed E-state index contributed by atoms with van der Waals surface area (Å²) in [5.41, 5.74) is 5.02. The molecule has 4 N–H and O–H groups in total. The van der Waals surface area contributed by atoms with E-state index in [1.807, 2.05) is 0 Å². The molecule has 158 valence electrons. The number of nitrogens with one attached hydrogen (secondary N) is 1. The Morgan fingerprint density at radius 3 is 2.52 bits per heavy atom. The summed E-state index contributed by atoms with van der Waals surface area (Å²) in [4.78, 5) is 12.5. The van der Waals surface area contributed by atoms with Crippen molar-refractivity contribution in [3.8, 4) is 0 Å². The number of ether oxygens (including phenoxy) is 3. The number of benzene rings is 1. The second kappa shape index (κ2) is 7.23. The van der Waals surface area contributed by atoms with E-state index in [1.54, 1.807) is 58.9 Å². The summed E-state index contributed by atoms with van der Waals surface area (Å²) in [5, 5.41) is 15.6. The maximum atomic E-state index is 12.5. The fourth-order valence-electron chi connectivity index (χ4n) is 3.03. The van der Waals surface area contributed by atoms with Gasteiger partial charge in [0, 0.05) is 10.9 Å². The van der Waals surface area contributed by atoms with Crippen LogP contribution in [-0.4, -0.2) is 41.7 Å². The Morgan fingerprint density at radius 1 is 1.28 bits per heavy atom. The van der Waals surface area contributed by atoms with E-state index in [9.17, 15) is 4.79 Å². The molecule has 1 aromatic carbocycles. The van der Waals surface area contributed by atoms with Crippen LogP contribution >= 0.6 is 0 Å². The number of carbonyl (C=O) groups is 1. The third-order valence-electron chi connectivity index (χ3n) is 4.49. The van der Waals surface area contributed by atoms with Gasteiger partial charge in [-0.3, -0.25) is 0 Å². The first-order valence-corrected chi connectivity index (χ1v) is 9.25. The highest BCUT2D eigenvalue weighted by Crippen LogP contribution is 2.35. The number of hydrogen-bond acceptors (Lipinski definition) is 7. The lowest BCUT2D eigenvalue weighted by Crippen LogP contribution is -2.59. The zero-order chi connectivity index (χ0) is 21.4. The van der Waals surface area contributed by atoms with E-state index < -0.39 is 23.0 Å². The fraction of sp³-hybridized carbons (Fsp3) is 0.500. The summed E-state index contributed by atoms with van der Waals surface area (Å²) < 4.78 is 23.1. The third-order valence-corrected chi connectivity index (χ3v) is 4.49. The number of amides is 1. The number of fused-ring (bicyclic) bond motifs is 1. The van der Waals surface area contributed by atoms with Gasteiger partial charge in [0.1, 0.15) is 22.5 Å². The fourth-order valence-corrected chi connectivity index (χ4v) is 3.03. The number of amidine groups is 1. The van der Waals surface area contributed by atoms with Crippen molar-refractivity contribution >= 4 is 22.9 Å². The zero-order valence-corrected chi connectivity index (χ0v) is 17.2. The first-order chi connectivity index (χ1) is 13.4. The van der Waals surface area contributed by atoms with Gasteiger partial charge in [-0.15, -0.1) is 0 Å². The third kappa shape index (κ3) is 4.46. The molecule has 1 aromatic heterocycles. The highest BCUT2D eigenvalue weighted by Gasteiger charge is 2.46. The van der Waals surface area contributed by atoms with Crippen LogP contribution in [0.5, 0.6) is 0 Å². The Morgan fingerprint density at radius 2 is 1.93 bits per heavy atom. The summed E-state index contributed by atoms with van der Waals surface area (Å²) in [6, 6.07) is 6.92. The van der Waals surface area contributed by atoms with Gasteiger partial charge in [-0.05, 0) is 46.8 Å². The standard InChI is InChI=1S/C20H27N3O6/c1-18(2,3)29-17(24)22-20(10-26-19(4,5)27-11-20)15-9-13-12(16(21)23-25)7-6-8-14(13)28-15/h6-9,25H,10-11H2,1-5H3,(H2,21,23)(H,22,24). The van der Waals surface area contributed by atoms with Crippen LogP contribution in [0.4, 0.5) is 4.79 Å². The largest absolute Gasteiger partial charge is 0.458 e. The SMILES string of the molecule is CC(C)(C)OC(=O)NC1(c2cc3c(/C(N)=N/O)cccc3o2)COC(C)(C)OC1. The van der Waals surface area contributed by atoms with Crippen LogP contribution in [0.2, 0.25) is 0 Å². The van der Waals surface area contributed by atoms with E-state index in [-0.39, 0.29) is 19.0 Å². The molecule has 0 spiro atoms. The van der Waals surface area contributed by atoms with Crippen LogP contribution in [0.1, 0.15) is 45.9 Å². The summed E-state index contributed by atoms with van der Waals surface area (Å²) in [6.45, 7) is 9.14. The lowest BCUT2D eigenvalue weighted by molar-refractivity contribution is -0.274. The molecule has 0 saturated carbocycles. The van der Waals surface area contributed by atoms with Crippen molar-refractivity contribution in [2.75, 3.05) is 13.2 Å². The monoisotopic (exact) mass is 405 g/mol. The molecule has 0 atom stereocenters. The molecular weight excluding hydrogens is 378 g/mol. The number of oxime groups is 1. The molecule has 29 heavy (non-hydrogen) atoms. The molecule has 1 aliphatic heterocycles. The van der Waals surface area contributed by atoms with Gasteiger partial charge in [-0.1, -0.05) is 17.3 Å². The van der Waals surface area contributed by atoms with Crippen LogP contribution < -0.4 is 11.1 Å². The van der Waals surface area contributed by atoms with E-state index in [1.165, 1.54) is 0 Å². The number of hydrogen-bond donors (Lipinski definition) is 3. The Balaban J connectivity index is 2.04. The van der Waals surface area contributed by atoms with Crippen molar-refractivity contribution in [2.24, 2.45) is 10.9 Å². The molecular formula is C20H27N3O6. The van der Waals surface area contributed by atoms with Gasteiger partial charge in [0.15, 0.2) is 11.6 Å². The molecule has 9 nitrogen and oxygen atoms in total. The van der Waals surface area contributed by atoms with Crippen LogP contribution in [0.15, 0.2) is 33.8 Å². The summed E-state index contributed by atoms with van der Waals surface area (Å²) >= 11 is 0. The summed E-state index contributed by atoms with van der Waals surface area (Å²) in [7, 11) is 0. The number of furan rings is 1. The van der Waals surface area contributed by atoms with Crippen molar-refractivity contribution in [1.82, 2.24) is 5.32 Å². The molecule has 0 radical (unpaired) electrons. The Kier molecular flexibility index (Phi) is 5.22. The van der Waals surface area contributed by atoms with Gasteiger partial charge >= 0.3 is 6.09 Å². The first-order valence-electron chi connectivity index (χ1n) is 9.25. The van der Waals surface area contributed by atoms with Gasteiger partial charge in [0.05, 0.1) is 13.2 Å². The lowest BCUT2D eigenvalue weighted by Gasteiger charge is -2.42. The average molecular weight is 405 g/mol. The maximum Gasteiger partial charge on any atom is 0.408 e. The van der Waals surface area contributed by atoms with Gasteiger partial charge in [-0.2, -0.15) is 0 Å². The predicted molar refractivity (Wildman–Crippen MR) is 106 cm³/mol. The zero-order valence-electron chi connectivity index (χ0n) is 17.2. The number of carbonyl (C=O) groups excluding carboxylic acids is 1. The van der Waals surface area contributed by atoms with Gasteiger partial charge in [0.25, 0.3) is 0 Å². The smallest absolute Gasteiger partial charge is 0.408 e. The molecule has 0 bridgehead atoms. The topological polar surface area (TPSA) is 129 Å². The second-order valence-electron chi connectivity index (χ2n) is 8.50. The molecule has 1 aliphatic rings. The van der Waals surface area contributed by atoms with Crippen LogP contribution in [0.3, 0.4) is 0 Å². The highest BCUT2D eigenvalue weighted by atomic mass is 16.7. The van der Waals surface area contributed by atoms with Crippen molar-refractivity contribution in [2.45, 2.75) is 51.5 Å². The van der Waals surface area contributed by atoms with E-state index in [4.69, 9.17) is 29.6 Å². The van der Waals surface area contributed by atoms with Crippen molar-refractivity contribution in [3.63, 3.8) is 0 Å². The van der Waals surface area contributed by atoms with Crippen LogP contribution in [0, 0.1) is 0 Å². The number of rotatable bonds is 3. The first kappa shape index (κ1) is 20.9. The van der Waals surface area contributed by atoms with Crippen molar-refractivity contribution in [1.29, 1.82) is 0 Å². The highest BCUT2D eigenvalue weighted by molar-refractivity contribution is 6.07. The molecule has 1 saturated heterocycles. The van der Waals surface area contributed by atoms with E-state index >= 15 is 0 Å². The molecule has 2 heterocycles. The second-order valence-corrected chi connectivity index (χ2v) is 8.50. The number of nitrogens with two attached hydrogens (primary N) is 1. The van der Waals surface area contributed by atoms with Crippen molar-refractivity contribution < 1.29 is 28.6 Å². The van der Waals surface area contributed by atoms with Crippen LogP contribution in [-0.2, 0) is 19.7 Å². The average Bonchev–Trinajstić information content (AvgIpc) is 3.06. The van der Waals surface area contributed by atoms with Gasteiger partial charge < -0.3 is 34.9 Å². The van der Waals surface area contributed by atoms with Crippen molar-refractivity contribution in [3.05, 3.63) is 35.6 Å². The van der Waals surface area contributed by atoms with Gasteiger partial charge in [-0.25, -0.2) is 4.79 Å².